The van der Waals surface area contributed by atoms with Crippen LogP contribution in [0.25, 0.3) is 11.3 Å². The van der Waals surface area contributed by atoms with E-state index in [2.05, 4.69) is 20.9 Å². The van der Waals surface area contributed by atoms with E-state index in [-0.39, 0.29) is 18.4 Å². The second-order valence-electron chi connectivity index (χ2n) is 15.8. The van der Waals surface area contributed by atoms with Gasteiger partial charge in [-0.25, -0.2) is 9.59 Å². The monoisotopic (exact) mass is 714 g/mol. The van der Waals surface area contributed by atoms with E-state index in [1.165, 1.54) is 11.9 Å². The lowest BCUT2D eigenvalue weighted by molar-refractivity contribution is -0.131. The molecule has 5 N–H and O–H groups in total. The molecule has 1 aliphatic rings. The minimum Gasteiger partial charge on any atom is -0.465 e. The molecule has 5 atom stereocenters. The highest BCUT2D eigenvalue weighted by atomic mass is 16.4. The van der Waals surface area contributed by atoms with E-state index in [1.54, 1.807) is 27.0 Å². The summed E-state index contributed by atoms with van der Waals surface area (Å²) in [4.78, 5) is 59.8. The number of nitrogens with one attached hydrogen (secondary N) is 3. The smallest absolute Gasteiger partial charge is 0.407 e. The second kappa shape index (κ2) is 17.0. The van der Waals surface area contributed by atoms with Crippen molar-refractivity contribution in [3.63, 3.8) is 0 Å². The third kappa shape index (κ3) is 10.5. The van der Waals surface area contributed by atoms with E-state index >= 15 is 0 Å². The molecular formula is C40H54N6O6. The van der Waals surface area contributed by atoms with Gasteiger partial charge in [-0.05, 0) is 53.4 Å². The number of aromatic nitrogens is 1. The first-order chi connectivity index (χ1) is 24.5. The molecule has 2 aromatic carbocycles. The van der Waals surface area contributed by atoms with Gasteiger partial charge in [0.25, 0.3) is 0 Å². The Kier molecular flexibility index (Phi) is 13.0. The molecule has 5 amide bonds. The summed E-state index contributed by atoms with van der Waals surface area (Å²) in [6.07, 6.45) is 0.0166. The Morgan fingerprint density at radius 3 is 2.04 bits per heavy atom. The topological polar surface area (TPSA) is 164 Å². The number of amides is 5. The third-order valence-corrected chi connectivity index (χ3v) is 9.39. The summed E-state index contributed by atoms with van der Waals surface area (Å²) in [5.74, 6) is -0.873. The van der Waals surface area contributed by atoms with Crippen LogP contribution in [0.4, 0.5) is 9.59 Å². The van der Waals surface area contributed by atoms with E-state index in [1.807, 2.05) is 93.6 Å². The fourth-order valence-corrected chi connectivity index (χ4v) is 6.97. The number of aliphatic hydroxyl groups excluding tert-OH is 1. The molecule has 1 fully saturated rings. The van der Waals surface area contributed by atoms with Gasteiger partial charge in [-0.15, -0.1) is 0 Å². The lowest BCUT2D eigenvalue weighted by Crippen LogP contribution is -2.59. The normalized spacial score (nSPS) is 16.2. The maximum Gasteiger partial charge on any atom is 0.407 e. The molecule has 12 heteroatoms. The Bertz CT molecular complexity index is 1660. The van der Waals surface area contributed by atoms with Gasteiger partial charge in [0.15, 0.2) is 0 Å². The summed E-state index contributed by atoms with van der Waals surface area (Å²) >= 11 is 0. The van der Waals surface area contributed by atoms with Gasteiger partial charge >= 0.3 is 12.1 Å². The number of urea groups is 1. The number of hydrogen-bond acceptors (Lipinski definition) is 6. The van der Waals surface area contributed by atoms with Crippen molar-refractivity contribution in [3.8, 4) is 11.3 Å². The number of likely N-dealkylation sites (N-methyl/N-ethyl adjacent to an activating group) is 1. The van der Waals surface area contributed by atoms with Gasteiger partial charge in [-0.2, -0.15) is 0 Å². The molecule has 0 unspecified atom stereocenters. The molecule has 1 aromatic heterocycles. The zero-order valence-electron chi connectivity index (χ0n) is 31.3. The molecule has 0 saturated carbocycles. The van der Waals surface area contributed by atoms with Crippen LogP contribution >= 0.6 is 0 Å². The molecule has 0 bridgehead atoms. The molecule has 0 aliphatic carbocycles. The highest BCUT2D eigenvalue weighted by Crippen LogP contribution is 2.28. The van der Waals surface area contributed by atoms with Crippen molar-refractivity contribution in [1.82, 2.24) is 30.7 Å². The molecule has 1 saturated heterocycles. The summed E-state index contributed by atoms with van der Waals surface area (Å²) in [6.45, 7) is 11.9. The van der Waals surface area contributed by atoms with Crippen molar-refractivity contribution < 1.29 is 29.4 Å². The first kappa shape index (κ1) is 39.8. The Hall–Kier alpha value is -4.97. The molecule has 4 rings (SSSR count). The van der Waals surface area contributed by atoms with Crippen LogP contribution in [0.15, 0.2) is 79.0 Å². The molecule has 0 spiro atoms. The number of carboxylic acid groups (broad SMARTS) is 1. The Labute approximate surface area is 307 Å². The minimum atomic E-state index is -1.23. The van der Waals surface area contributed by atoms with Crippen LogP contribution < -0.4 is 16.0 Å². The standard InChI is InChI=1S/C40H54N6O6/c1-39(2,3)33(45(7)38(51)52)35(48)43-29(23-27-16-18-28(19-17-27)30-15-11-12-20-41-30)25-32(47)31(24-26-13-9-8-10-14-26)44-36(49)34(40(4,5)6)46-22-21-42-37(46)50/h8-20,29,31-34,47H,21-25H2,1-7H3,(H,42,50)(H,43,48)(H,44,49)(H,51,52)/t29-,31-,32-,33+,34+/m0/s1. The molecule has 0 radical (unpaired) electrons. The number of rotatable bonds is 14. The molecule has 1 aliphatic heterocycles. The quantitative estimate of drug-likeness (QED) is 0.161. The van der Waals surface area contributed by atoms with Crippen LogP contribution in [-0.4, -0.2) is 99.3 Å². The van der Waals surface area contributed by atoms with Crippen LogP contribution in [0.1, 0.15) is 59.1 Å². The largest absolute Gasteiger partial charge is 0.465 e. The molecule has 280 valence electrons. The predicted octanol–water partition coefficient (Wildman–Crippen LogP) is 4.72. The summed E-state index contributed by atoms with van der Waals surface area (Å²) < 4.78 is 0. The van der Waals surface area contributed by atoms with Crippen LogP contribution in [0.2, 0.25) is 0 Å². The number of hydrogen-bond donors (Lipinski definition) is 5. The highest BCUT2D eigenvalue weighted by molar-refractivity contribution is 5.89. The lowest BCUT2D eigenvalue weighted by atomic mass is 9.84. The van der Waals surface area contributed by atoms with Gasteiger partial charge in [0.1, 0.15) is 12.1 Å². The van der Waals surface area contributed by atoms with E-state index in [4.69, 9.17) is 0 Å². The number of benzene rings is 2. The van der Waals surface area contributed by atoms with Crippen LogP contribution in [0.5, 0.6) is 0 Å². The average molecular weight is 715 g/mol. The lowest BCUT2D eigenvalue weighted by Gasteiger charge is -2.38. The Morgan fingerprint density at radius 1 is 0.865 bits per heavy atom. The summed E-state index contributed by atoms with van der Waals surface area (Å²) in [6, 6.07) is 19.4. The van der Waals surface area contributed by atoms with E-state index in [9.17, 15) is 29.4 Å². The van der Waals surface area contributed by atoms with E-state index in [0.29, 0.717) is 25.9 Å². The summed E-state index contributed by atoms with van der Waals surface area (Å²) in [5, 5.41) is 30.8. The maximum absolute atomic E-state index is 14.1. The predicted molar refractivity (Wildman–Crippen MR) is 200 cm³/mol. The van der Waals surface area contributed by atoms with Crippen LogP contribution in [-0.2, 0) is 22.4 Å². The van der Waals surface area contributed by atoms with Crippen molar-refractivity contribution >= 4 is 23.9 Å². The number of carbonyl (C=O) groups is 4. The van der Waals surface area contributed by atoms with Crippen molar-refractivity contribution in [3.05, 3.63) is 90.1 Å². The fourth-order valence-electron chi connectivity index (χ4n) is 6.97. The number of aliphatic hydroxyl groups is 1. The number of carbonyl (C=O) groups excluding carboxylic acids is 3. The SMILES string of the molecule is CN(C(=O)O)[C@H](C(=O)N[C@@H](Cc1ccc(-c2ccccn2)cc1)C[C@H](O)[C@H](Cc1ccccc1)NC(=O)[C@@H](N1CCNC1=O)C(C)(C)C)C(C)(C)C. The Morgan fingerprint density at radius 2 is 1.50 bits per heavy atom. The van der Waals surface area contributed by atoms with Crippen molar-refractivity contribution in [2.24, 2.45) is 10.8 Å². The highest BCUT2D eigenvalue weighted by Gasteiger charge is 2.42. The van der Waals surface area contributed by atoms with Crippen molar-refractivity contribution in [2.75, 3.05) is 20.1 Å². The molecule has 52 heavy (non-hydrogen) atoms. The first-order valence-corrected chi connectivity index (χ1v) is 17.8. The fraction of sp³-hybridized carbons (Fsp3) is 0.475. The van der Waals surface area contributed by atoms with Gasteiger partial charge < -0.3 is 31.1 Å². The van der Waals surface area contributed by atoms with Crippen LogP contribution in [0.3, 0.4) is 0 Å². The van der Waals surface area contributed by atoms with Crippen LogP contribution in [0, 0.1) is 10.8 Å². The molecule has 2 heterocycles. The maximum atomic E-state index is 14.1. The summed E-state index contributed by atoms with van der Waals surface area (Å²) in [7, 11) is 1.37. The van der Waals surface area contributed by atoms with Gasteiger partial charge in [0.2, 0.25) is 11.8 Å². The molecule has 3 aromatic rings. The second-order valence-corrected chi connectivity index (χ2v) is 15.8. The Balaban J connectivity index is 1.65. The minimum absolute atomic E-state index is 0.0452. The zero-order chi connectivity index (χ0) is 38.2. The van der Waals surface area contributed by atoms with Gasteiger partial charge in [-0.3, -0.25) is 19.5 Å². The first-order valence-electron chi connectivity index (χ1n) is 17.8. The molecule has 12 nitrogen and oxygen atoms in total. The molecular weight excluding hydrogens is 660 g/mol. The third-order valence-electron chi connectivity index (χ3n) is 9.39. The summed E-state index contributed by atoms with van der Waals surface area (Å²) in [5.41, 5.74) is 2.17. The number of pyridine rings is 1. The average Bonchev–Trinajstić information content (AvgIpc) is 3.48. The zero-order valence-corrected chi connectivity index (χ0v) is 31.3. The number of nitrogens with zero attached hydrogens (tertiary/aromatic N) is 3. The van der Waals surface area contributed by atoms with E-state index in [0.717, 1.165) is 27.3 Å². The van der Waals surface area contributed by atoms with Crippen molar-refractivity contribution in [1.29, 1.82) is 0 Å². The van der Waals surface area contributed by atoms with Gasteiger partial charge in [0.05, 0.1) is 17.8 Å². The van der Waals surface area contributed by atoms with Crippen molar-refractivity contribution in [2.45, 2.75) is 91.1 Å². The van der Waals surface area contributed by atoms with Gasteiger partial charge in [0, 0.05) is 37.9 Å². The van der Waals surface area contributed by atoms with Gasteiger partial charge in [-0.1, -0.05) is 102 Å². The van der Waals surface area contributed by atoms with E-state index < -0.39 is 53.1 Å².